The van der Waals surface area contributed by atoms with E-state index < -0.39 is 0 Å². The summed E-state index contributed by atoms with van der Waals surface area (Å²) >= 11 is 0. The van der Waals surface area contributed by atoms with Crippen LogP contribution in [0.1, 0.15) is 24.2 Å². The van der Waals surface area contributed by atoms with E-state index in [9.17, 15) is 0 Å². The first kappa shape index (κ1) is 21.6. The van der Waals surface area contributed by atoms with E-state index in [0.29, 0.717) is 0 Å². The number of imidazole rings is 1. The van der Waals surface area contributed by atoms with Crippen molar-refractivity contribution in [2.75, 3.05) is 39.8 Å². The second-order valence-electron chi connectivity index (χ2n) is 8.40. The fourth-order valence-corrected chi connectivity index (χ4v) is 4.22. The molecule has 2 aromatic carbocycles. The van der Waals surface area contributed by atoms with Crippen LogP contribution in [0.3, 0.4) is 0 Å². The third kappa shape index (κ3) is 5.54. The topological polar surface area (TPSA) is 33.5 Å². The molecule has 1 fully saturated rings. The van der Waals surface area contributed by atoms with Crippen LogP contribution in [-0.4, -0.2) is 59.2 Å². The zero-order valence-electron chi connectivity index (χ0n) is 18.7. The summed E-state index contributed by atoms with van der Waals surface area (Å²) in [7, 11) is 2.20. The van der Waals surface area contributed by atoms with Gasteiger partial charge < -0.3 is 14.2 Å². The van der Waals surface area contributed by atoms with E-state index in [2.05, 4.69) is 70.5 Å². The molecule has 164 valence electrons. The molecule has 0 atom stereocenters. The summed E-state index contributed by atoms with van der Waals surface area (Å²) in [6, 6.07) is 16.8. The molecule has 3 aromatic rings. The lowest BCUT2D eigenvalue weighted by atomic mass is 10.1. The summed E-state index contributed by atoms with van der Waals surface area (Å²) in [5.41, 5.74) is 3.54. The Bertz CT molecular complexity index is 988. The van der Waals surface area contributed by atoms with E-state index in [4.69, 9.17) is 9.72 Å². The second kappa shape index (κ2) is 10.6. The lowest BCUT2D eigenvalue weighted by Crippen LogP contribution is -2.44. The molecule has 0 radical (unpaired) electrons. The molecule has 31 heavy (non-hydrogen) atoms. The number of nitrogens with zero attached hydrogens (tertiary/aromatic N) is 4. The predicted octanol–water partition coefficient (Wildman–Crippen LogP) is 4.37. The van der Waals surface area contributed by atoms with Gasteiger partial charge in [0.05, 0.1) is 24.2 Å². The largest absolute Gasteiger partial charge is 0.493 e. The average Bonchev–Trinajstić information content (AvgIpc) is 3.13. The molecular weight excluding hydrogens is 384 g/mol. The highest BCUT2D eigenvalue weighted by Gasteiger charge is 2.18. The first-order valence-corrected chi connectivity index (χ1v) is 11.4. The van der Waals surface area contributed by atoms with Crippen LogP contribution in [0.25, 0.3) is 11.0 Å². The monoisotopic (exact) mass is 418 g/mol. The Morgan fingerprint density at radius 3 is 2.61 bits per heavy atom. The van der Waals surface area contributed by atoms with Crippen molar-refractivity contribution >= 4 is 11.0 Å². The Hall–Kier alpha value is -2.63. The highest BCUT2D eigenvalue weighted by molar-refractivity contribution is 5.75. The zero-order valence-corrected chi connectivity index (χ0v) is 18.7. The number of benzene rings is 2. The molecule has 4 rings (SSSR count). The Kier molecular flexibility index (Phi) is 7.39. The number of rotatable bonds is 10. The van der Waals surface area contributed by atoms with Gasteiger partial charge in [-0.2, -0.15) is 0 Å². The Morgan fingerprint density at radius 2 is 1.77 bits per heavy atom. The number of allylic oxidation sites excluding steroid dienone is 1. The van der Waals surface area contributed by atoms with E-state index >= 15 is 0 Å². The van der Waals surface area contributed by atoms with Crippen LogP contribution in [0.2, 0.25) is 0 Å². The van der Waals surface area contributed by atoms with Crippen LogP contribution < -0.4 is 4.74 Å². The quantitative estimate of drug-likeness (QED) is 0.362. The minimum absolute atomic E-state index is 0.731. The number of hydrogen-bond acceptors (Lipinski definition) is 4. The molecule has 0 unspecified atom stereocenters. The average molecular weight is 419 g/mol. The summed E-state index contributed by atoms with van der Waals surface area (Å²) in [5.74, 6) is 2.16. The molecule has 1 saturated heterocycles. The van der Waals surface area contributed by atoms with E-state index in [-0.39, 0.29) is 0 Å². The molecule has 0 bridgehead atoms. The number of aromatic nitrogens is 2. The maximum absolute atomic E-state index is 6.07. The van der Waals surface area contributed by atoms with Gasteiger partial charge in [-0.05, 0) is 50.1 Å². The van der Waals surface area contributed by atoms with Gasteiger partial charge in [0.2, 0.25) is 0 Å². The number of para-hydroxylation sites is 3. The molecule has 1 aliphatic heterocycles. The smallest absolute Gasteiger partial charge is 0.124 e. The lowest BCUT2D eigenvalue weighted by molar-refractivity contribution is 0.144. The van der Waals surface area contributed by atoms with E-state index in [1.54, 1.807) is 0 Å². The molecule has 5 heteroatoms. The van der Waals surface area contributed by atoms with Crippen LogP contribution in [0, 0.1) is 0 Å². The summed E-state index contributed by atoms with van der Waals surface area (Å²) in [6.07, 6.45) is 4.85. The third-order valence-corrected chi connectivity index (χ3v) is 6.07. The molecular formula is C26H34N4O. The van der Waals surface area contributed by atoms with Gasteiger partial charge >= 0.3 is 0 Å². The number of fused-ring (bicyclic) bond motifs is 1. The number of likely N-dealkylation sites (N-methyl/N-ethyl adjacent to an activating group) is 1. The summed E-state index contributed by atoms with van der Waals surface area (Å²) in [6.45, 7) is 10.9. The number of hydrogen-bond donors (Lipinski definition) is 0. The first-order valence-electron chi connectivity index (χ1n) is 11.4. The first-order chi connectivity index (χ1) is 15.2. The van der Waals surface area contributed by atoms with Crippen LogP contribution in [0.5, 0.6) is 5.75 Å². The Labute approximate surface area is 185 Å². The molecule has 0 aliphatic carbocycles. The third-order valence-electron chi connectivity index (χ3n) is 6.07. The van der Waals surface area contributed by atoms with Crippen LogP contribution in [0.4, 0.5) is 0 Å². The van der Waals surface area contributed by atoms with Crippen molar-refractivity contribution < 1.29 is 4.74 Å². The Balaban J connectivity index is 1.36. The summed E-state index contributed by atoms with van der Waals surface area (Å²) < 4.78 is 8.49. The molecule has 1 aromatic heterocycles. The van der Waals surface area contributed by atoms with Crippen molar-refractivity contribution in [1.82, 2.24) is 19.4 Å². The van der Waals surface area contributed by atoms with E-state index in [0.717, 1.165) is 76.4 Å². The van der Waals surface area contributed by atoms with Gasteiger partial charge in [-0.3, -0.25) is 4.90 Å². The predicted molar refractivity (Wildman–Crippen MR) is 128 cm³/mol. The van der Waals surface area contributed by atoms with E-state index in [1.807, 2.05) is 12.1 Å². The number of ether oxygens (including phenoxy) is 1. The summed E-state index contributed by atoms with van der Waals surface area (Å²) in [4.78, 5) is 9.89. The van der Waals surface area contributed by atoms with Crippen molar-refractivity contribution in [2.45, 2.75) is 32.4 Å². The molecule has 1 aliphatic rings. The van der Waals surface area contributed by atoms with Crippen molar-refractivity contribution in [3.8, 4) is 5.75 Å². The zero-order chi connectivity index (χ0) is 21.5. The fraction of sp³-hybridized carbons (Fsp3) is 0.423. The van der Waals surface area contributed by atoms with Gasteiger partial charge in [0.15, 0.2) is 0 Å². The van der Waals surface area contributed by atoms with Gasteiger partial charge in [0.25, 0.3) is 0 Å². The minimum Gasteiger partial charge on any atom is -0.493 e. The van der Waals surface area contributed by atoms with Crippen molar-refractivity contribution in [1.29, 1.82) is 0 Å². The van der Waals surface area contributed by atoms with Gasteiger partial charge in [-0.1, -0.05) is 36.4 Å². The standard InChI is InChI=1S/C26H34N4O/c1-3-10-22-11-4-7-14-25(22)31-20-9-8-15-30-24-13-6-5-12-23(24)27-26(30)21-29-18-16-28(2)17-19-29/h3-7,11-14H,1,8-10,15-21H2,2H3. The van der Waals surface area contributed by atoms with Gasteiger partial charge in [0, 0.05) is 32.7 Å². The van der Waals surface area contributed by atoms with Gasteiger partial charge in [-0.25, -0.2) is 4.98 Å². The molecule has 0 N–H and O–H groups in total. The SMILES string of the molecule is C=CCc1ccccc1OCCCCn1c(CN2CCN(C)CC2)nc2ccccc21. The Morgan fingerprint density at radius 1 is 1.00 bits per heavy atom. The van der Waals surface area contributed by atoms with Gasteiger partial charge in [0.1, 0.15) is 11.6 Å². The summed E-state index contributed by atoms with van der Waals surface area (Å²) in [5, 5.41) is 0. The van der Waals surface area contributed by atoms with Crippen molar-refractivity contribution in [2.24, 2.45) is 0 Å². The maximum atomic E-state index is 6.07. The highest BCUT2D eigenvalue weighted by Crippen LogP contribution is 2.21. The number of piperazine rings is 1. The minimum atomic E-state index is 0.731. The highest BCUT2D eigenvalue weighted by atomic mass is 16.5. The second-order valence-corrected chi connectivity index (χ2v) is 8.40. The fourth-order valence-electron chi connectivity index (χ4n) is 4.22. The van der Waals surface area contributed by atoms with Gasteiger partial charge in [-0.15, -0.1) is 6.58 Å². The molecule has 0 amide bonds. The molecule has 2 heterocycles. The molecule has 5 nitrogen and oxygen atoms in total. The number of aryl methyl sites for hydroxylation is 1. The van der Waals surface area contributed by atoms with E-state index in [1.165, 1.54) is 16.9 Å². The normalized spacial score (nSPS) is 15.4. The maximum Gasteiger partial charge on any atom is 0.124 e. The van der Waals surface area contributed by atoms with Crippen molar-refractivity contribution in [3.05, 3.63) is 72.6 Å². The van der Waals surface area contributed by atoms with Crippen LogP contribution >= 0.6 is 0 Å². The molecule has 0 saturated carbocycles. The van der Waals surface area contributed by atoms with Crippen LogP contribution in [-0.2, 0) is 19.5 Å². The molecule has 0 spiro atoms. The van der Waals surface area contributed by atoms with Crippen LogP contribution in [0.15, 0.2) is 61.2 Å². The lowest BCUT2D eigenvalue weighted by Gasteiger charge is -2.32. The van der Waals surface area contributed by atoms with Crippen molar-refractivity contribution in [3.63, 3.8) is 0 Å². The number of unbranched alkanes of at least 4 members (excludes halogenated alkanes) is 1.